The Kier molecular flexibility index (Phi) is 4.41. The lowest BCUT2D eigenvalue weighted by molar-refractivity contribution is 0.800. The number of nitrogens with zero attached hydrogens (tertiary/aromatic N) is 1. The van der Waals surface area contributed by atoms with Crippen molar-refractivity contribution in [1.29, 1.82) is 0 Å². The third-order valence-electron chi connectivity index (χ3n) is 2.71. The molecule has 1 nitrogen and oxygen atoms in total. The maximum absolute atomic E-state index is 2.34. The molecule has 82 valence electrons. The van der Waals surface area contributed by atoms with Crippen LogP contribution in [0.3, 0.4) is 0 Å². The summed E-state index contributed by atoms with van der Waals surface area (Å²) in [6.45, 7) is 6.08. The van der Waals surface area contributed by atoms with E-state index in [2.05, 4.69) is 55.3 Å². The van der Waals surface area contributed by atoms with Crippen LogP contribution >= 0.6 is 0 Å². The highest BCUT2D eigenvalue weighted by molar-refractivity contribution is 5.59. The van der Waals surface area contributed by atoms with E-state index in [0.717, 1.165) is 6.42 Å². The monoisotopic (exact) mass is 203 g/mol. The number of benzene rings is 1. The molecule has 0 aromatic heterocycles. The molecular weight excluding hydrogens is 182 g/mol. The highest BCUT2D eigenvalue weighted by Crippen LogP contribution is 2.30. The molecule has 2 rings (SSSR count). The number of hydrogen-bond donors (Lipinski definition) is 0. The van der Waals surface area contributed by atoms with Gasteiger partial charge in [0, 0.05) is 12.7 Å². The number of rotatable bonds is 1. The Morgan fingerprint density at radius 2 is 1.93 bits per heavy atom. The zero-order chi connectivity index (χ0) is 11.3. The molecule has 0 aliphatic carbocycles. The van der Waals surface area contributed by atoms with Gasteiger partial charge in [0.05, 0.1) is 6.04 Å². The van der Waals surface area contributed by atoms with Crippen molar-refractivity contribution < 1.29 is 0 Å². The molecule has 0 unspecified atom stereocenters. The van der Waals surface area contributed by atoms with E-state index >= 15 is 0 Å². The molecule has 1 aromatic rings. The second kappa shape index (κ2) is 5.59. The molecule has 0 bridgehead atoms. The zero-order valence-electron chi connectivity index (χ0n) is 10.2. The van der Waals surface area contributed by atoms with Crippen molar-refractivity contribution in [2.75, 3.05) is 11.9 Å². The molecule has 1 atom stereocenters. The summed E-state index contributed by atoms with van der Waals surface area (Å²) in [6, 6.07) is 9.19. The molecule has 1 heterocycles. The lowest BCUT2D eigenvalue weighted by atomic mass is 10.1. The SMILES string of the molecule is C/C=C/[C@@H]1Cc2ccccc2N1C.CC. The van der Waals surface area contributed by atoms with Gasteiger partial charge < -0.3 is 4.90 Å². The standard InChI is InChI=1S/C12H15N.C2H6/c1-3-6-11-9-10-7-4-5-8-12(10)13(11)2;1-2/h3-8,11H,9H2,1-2H3;1-2H3/b6-3+;/t11-;/m1./s1. The smallest absolute Gasteiger partial charge is 0.0510 e. The van der Waals surface area contributed by atoms with E-state index in [4.69, 9.17) is 0 Å². The normalized spacial score (nSPS) is 18.7. The van der Waals surface area contributed by atoms with Crippen molar-refractivity contribution in [2.45, 2.75) is 33.2 Å². The van der Waals surface area contributed by atoms with E-state index in [1.165, 1.54) is 11.3 Å². The molecule has 0 amide bonds. The summed E-state index contributed by atoms with van der Waals surface area (Å²) in [4.78, 5) is 2.34. The molecule has 1 aromatic carbocycles. The van der Waals surface area contributed by atoms with Crippen LogP contribution in [0.4, 0.5) is 5.69 Å². The Balaban J connectivity index is 0.000000531. The fourth-order valence-corrected chi connectivity index (χ4v) is 1.99. The van der Waals surface area contributed by atoms with E-state index in [-0.39, 0.29) is 0 Å². The molecule has 0 spiro atoms. The summed E-state index contributed by atoms with van der Waals surface area (Å²) in [5, 5.41) is 0. The van der Waals surface area contributed by atoms with E-state index < -0.39 is 0 Å². The van der Waals surface area contributed by atoms with Gasteiger partial charge in [0.2, 0.25) is 0 Å². The number of fused-ring (bicyclic) bond motifs is 1. The van der Waals surface area contributed by atoms with Gasteiger partial charge >= 0.3 is 0 Å². The van der Waals surface area contributed by atoms with Crippen LogP contribution in [-0.2, 0) is 6.42 Å². The molecule has 0 saturated carbocycles. The van der Waals surface area contributed by atoms with Gasteiger partial charge in [0.15, 0.2) is 0 Å². The first-order chi connectivity index (χ1) is 7.33. The number of hydrogen-bond acceptors (Lipinski definition) is 1. The average molecular weight is 203 g/mol. The summed E-state index contributed by atoms with van der Waals surface area (Å²) in [5.74, 6) is 0. The fraction of sp³-hybridized carbons (Fsp3) is 0.429. The van der Waals surface area contributed by atoms with Crippen LogP contribution in [0.5, 0.6) is 0 Å². The fourth-order valence-electron chi connectivity index (χ4n) is 1.99. The second-order valence-electron chi connectivity index (χ2n) is 3.54. The van der Waals surface area contributed by atoms with Crippen molar-refractivity contribution in [2.24, 2.45) is 0 Å². The van der Waals surface area contributed by atoms with Gasteiger partial charge in [-0.15, -0.1) is 0 Å². The van der Waals surface area contributed by atoms with E-state index in [1.807, 2.05) is 13.8 Å². The van der Waals surface area contributed by atoms with Crippen LogP contribution in [0.25, 0.3) is 0 Å². The highest BCUT2D eigenvalue weighted by Gasteiger charge is 2.22. The summed E-state index contributed by atoms with van der Waals surface area (Å²) < 4.78 is 0. The van der Waals surface area contributed by atoms with Gasteiger partial charge in [-0.3, -0.25) is 0 Å². The molecule has 0 radical (unpaired) electrons. The number of anilines is 1. The summed E-state index contributed by atoms with van der Waals surface area (Å²) in [6.07, 6.45) is 5.55. The maximum Gasteiger partial charge on any atom is 0.0510 e. The van der Waals surface area contributed by atoms with Crippen molar-refractivity contribution in [3.8, 4) is 0 Å². The first-order valence-corrected chi connectivity index (χ1v) is 5.76. The summed E-state index contributed by atoms with van der Waals surface area (Å²) >= 11 is 0. The van der Waals surface area contributed by atoms with Crippen LogP contribution < -0.4 is 4.90 Å². The van der Waals surface area contributed by atoms with E-state index in [9.17, 15) is 0 Å². The zero-order valence-corrected chi connectivity index (χ0v) is 10.2. The van der Waals surface area contributed by atoms with Gasteiger partial charge in [-0.2, -0.15) is 0 Å². The van der Waals surface area contributed by atoms with Crippen LogP contribution in [0, 0.1) is 0 Å². The predicted octanol–water partition coefficient (Wildman–Crippen LogP) is 3.65. The van der Waals surface area contributed by atoms with Gasteiger partial charge in [0.25, 0.3) is 0 Å². The lowest BCUT2D eigenvalue weighted by Crippen LogP contribution is -2.25. The van der Waals surface area contributed by atoms with Gasteiger partial charge in [-0.25, -0.2) is 0 Å². The topological polar surface area (TPSA) is 3.24 Å². The molecular formula is C14H21N. The average Bonchev–Trinajstić information content (AvgIpc) is 2.60. The molecule has 1 aliphatic heterocycles. The minimum atomic E-state index is 0.558. The molecule has 0 fully saturated rings. The lowest BCUT2D eigenvalue weighted by Gasteiger charge is -2.19. The molecule has 0 N–H and O–H groups in total. The Labute approximate surface area is 93.4 Å². The first-order valence-electron chi connectivity index (χ1n) is 5.76. The first kappa shape index (κ1) is 11.8. The number of para-hydroxylation sites is 1. The number of allylic oxidation sites excluding steroid dienone is 1. The van der Waals surface area contributed by atoms with Crippen LogP contribution in [0.15, 0.2) is 36.4 Å². The Bertz CT molecular complexity index is 328. The largest absolute Gasteiger partial charge is 0.368 e. The molecule has 1 heteroatoms. The number of likely N-dealkylation sites (N-methyl/N-ethyl adjacent to an activating group) is 1. The third-order valence-corrected chi connectivity index (χ3v) is 2.71. The minimum Gasteiger partial charge on any atom is -0.368 e. The third kappa shape index (κ3) is 2.41. The van der Waals surface area contributed by atoms with Crippen LogP contribution in [0.2, 0.25) is 0 Å². The molecule has 15 heavy (non-hydrogen) atoms. The molecule has 1 aliphatic rings. The van der Waals surface area contributed by atoms with Gasteiger partial charge in [0.1, 0.15) is 0 Å². The Morgan fingerprint density at radius 1 is 1.27 bits per heavy atom. The predicted molar refractivity (Wildman–Crippen MR) is 68.5 cm³/mol. The maximum atomic E-state index is 2.34. The van der Waals surface area contributed by atoms with Gasteiger partial charge in [-0.05, 0) is 25.0 Å². The molecule has 0 saturated heterocycles. The Morgan fingerprint density at radius 3 is 2.53 bits per heavy atom. The minimum absolute atomic E-state index is 0.558. The van der Waals surface area contributed by atoms with Crippen molar-refractivity contribution >= 4 is 5.69 Å². The van der Waals surface area contributed by atoms with Gasteiger partial charge in [-0.1, -0.05) is 44.2 Å². The van der Waals surface area contributed by atoms with Crippen LogP contribution in [-0.4, -0.2) is 13.1 Å². The second-order valence-corrected chi connectivity index (χ2v) is 3.54. The summed E-state index contributed by atoms with van der Waals surface area (Å²) in [7, 11) is 2.16. The van der Waals surface area contributed by atoms with E-state index in [0.29, 0.717) is 6.04 Å². The van der Waals surface area contributed by atoms with Crippen LogP contribution in [0.1, 0.15) is 26.3 Å². The van der Waals surface area contributed by atoms with E-state index in [1.54, 1.807) is 0 Å². The quantitative estimate of drug-likeness (QED) is 0.630. The van der Waals surface area contributed by atoms with Crippen molar-refractivity contribution in [3.63, 3.8) is 0 Å². The highest BCUT2D eigenvalue weighted by atomic mass is 15.1. The summed E-state index contributed by atoms with van der Waals surface area (Å²) in [5.41, 5.74) is 2.85. The van der Waals surface area contributed by atoms with Crippen molar-refractivity contribution in [1.82, 2.24) is 0 Å². The van der Waals surface area contributed by atoms with Crippen molar-refractivity contribution in [3.05, 3.63) is 42.0 Å². The Hall–Kier alpha value is -1.24.